The van der Waals surface area contributed by atoms with Crippen LogP contribution in [0.4, 0.5) is 0 Å². The van der Waals surface area contributed by atoms with Crippen LogP contribution in [-0.4, -0.2) is 51.5 Å². The maximum Gasteiger partial charge on any atom is 0.191 e. The summed E-state index contributed by atoms with van der Waals surface area (Å²) in [6.07, 6.45) is 7.85. The first-order chi connectivity index (χ1) is 12.3. The second kappa shape index (κ2) is 8.72. The summed E-state index contributed by atoms with van der Waals surface area (Å²) < 4.78 is 16.5. The molecule has 6 heteroatoms. The molecule has 0 aliphatic heterocycles. The van der Waals surface area contributed by atoms with E-state index in [1.807, 2.05) is 12.1 Å². The Kier molecular flexibility index (Phi) is 6.37. The lowest BCUT2D eigenvalue weighted by Gasteiger charge is -2.61. The molecule has 0 saturated heterocycles. The van der Waals surface area contributed by atoms with Gasteiger partial charge in [-0.05, 0) is 38.3 Å². The predicted octanol–water partition coefficient (Wildman–Crippen LogP) is 2.35. The number of aliphatic imine (C=N–C) groups is 1. The number of nitrogens with one attached hydrogen (secondary N) is 2. The summed E-state index contributed by atoms with van der Waals surface area (Å²) in [6, 6.07) is 4.37. The average Bonchev–Trinajstić information content (AvgIpc) is 3.05. The lowest BCUT2D eigenvalue weighted by atomic mass is 9.51. The molecule has 2 N–H and O–H groups in total. The summed E-state index contributed by atoms with van der Waals surface area (Å²) in [5.74, 6) is 1.86. The molecule has 0 radical (unpaired) electrons. The largest absolute Gasteiger partial charge is 0.469 e. The Morgan fingerprint density at radius 2 is 2.32 bits per heavy atom. The van der Waals surface area contributed by atoms with Gasteiger partial charge in [-0.15, -0.1) is 0 Å². The number of nitrogens with zero attached hydrogens (tertiary/aromatic N) is 1. The zero-order valence-corrected chi connectivity index (χ0v) is 15.4. The Balaban J connectivity index is 1.53. The Hall–Kier alpha value is -1.53. The van der Waals surface area contributed by atoms with Crippen molar-refractivity contribution in [3.05, 3.63) is 24.2 Å². The summed E-state index contributed by atoms with van der Waals surface area (Å²) >= 11 is 0. The molecule has 2 aliphatic rings. The molecule has 0 bridgehead atoms. The number of guanidine groups is 1. The SMILES string of the molecule is CCOC1CC(NC(=NCCOC)NCCc2ccco2)C12CCC2. The molecule has 2 aliphatic carbocycles. The van der Waals surface area contributed by atoms with E-state index in [1.54, 1.807) is 13.4 Å². The maximum absolute atomic E-state index is 5.94. The highest BCUT2D eigenvalue weighted by molar-refractivity contribution is 5.80. The Morgan fingerprint density at radius 1 is 1.44 bits per heavy atom. The minimum atomic E-state index is 0.320. The Labute approximate surface area is 150 Å². The topological polar surface area (TPSA) is 68.0 Å². The highest BCUT2D eigenvalue weighted by Gasteiger charge is 2.59. The van der Waals surface area contributed by atoms with Crippen molar-refractivity contribution in [3.8, 4) is 0 Å². The van der Waals surface area contributed by atoms with Crippen LogP contribution in [0, 0.1) is 5.41 Å². The molecular formula is C19H31N3O3. The van der Waals surface area contributed by atoms with Crippen LogP contribution in [0.3, 0.4) is 0 Å². The van der Waals surface area contributed by atoms with Crippen molar-refractivity contribution < 1.29 is 13.9 Å². The molecule has 0 amide bonds. The van der Waals surface area contributed by atoms with Crippen LogP contribution < -0.4 is 10.6 Å². The van der Waals surface area contributed by atoms with Gasteiger partial charge < -0.3 is 24.5 Å². The molecule has 2 fully saturated rings. The van der Waals surface area contributed by atoms with E-state index in [9.17, 15) is 0 Å². The minimum Gasteiger partial charge on any atom is -0.469 e. The third-order valence-corrected chi connectivity index (χ3v) is 5.56. The molecule has 6 nitrogen and oxygen atoms in total. The van der Waals surface area contributed by atoms with Gasteiger partial charge in [-0.3, -0.25) is 4.99 Å². The number of hydrogen-bond donors (Lipinski definition) is 2. The van der Waals surface area contributed by atoms with E-state index in [2.05, 4.69) is 22.5 Å². The predicted molar refractivity (Wildman–Crippen MR) is 97.8 cm³/mol. The summed E-state index contributed by atoms with van der Waals surface area (Å²) in [6.45, 7) is 4.96. The smallest absolute Gasteiger partial charge is 0.191 e. The van der Waals surface area contributed by atoms with Crippen molar-refractivity contribution in [2.75, 3.05) is 33.4 Å². The molecule has 0 aromatic carbocycles. The Bertz CT molecular complexity index is 540. The lowest BCUT2D eigenvalue weighted by Crippen LogP contribution is -2.68. The van der Waals surface area contributed by atoms with E-state index in [-0.39, 0.29) is 0 Å². The van der Waals surface area contributed by atoms with E-state index in [4.69, 9.17) is 13.9 Å². The van der Waals surface area contributed by atoms with Gasteiger partial charge in [0.1, 0.15) is 5.76 Å². The van der Waals surface area contributed by atoms with E-state index < -0.39 is 0 Å². The van der Waals surface area contributed by atoms with Crippen molar-refractivity contribution in [1.29, 1.82) is 0 Å². The Morgan fingerprint density at radius 3 is 2.96 bits per heavy atom. The third-order valence-electron chi connectivity index (χ3n) is 5.56. The lowest BCUT2D eigenvalue weighted by molar-refractivity contribution is -0.168. The van der Waals surface area contributed by atoms with Gasteiger partial charge in [0.15, 0.2) is 5.96 Å². The van der Waals surface area contributed by atoms with Gasteiger partial charge >= 0.3 is 0 Å². The first-order valence-electron chi connectivity index (χ1n) is 9.46. The van der Waals surface area contributed by atoms with Gasteiger partial charge in [-0.1, -0.05) is 6.42 Å². The molecular weight excluding hydrogens is 318 g/mol. The molecule has 2 saturated carbocycles. The zero-order valence-electron chi connectivity index (χ0n) is 15.4. The van der Waals surface area contributed by atoms with Gasteiger partial charge in [0.05, 0.1) is 25.5 Å². The van der Waals surface area contributed by atoms with Crippen LogP contribution in [0.5, 0.6) is 0 Å². The standard InChI is InChI=1S/C19H31N3O3/c1-3-24-17-14-16(19(17)8-5-9-19)22-18(21-11-13-23-2)20-10-7-15-6-4-12-25-15/h4,6,12,16-17H,3,5,7-11,13-14H2,1-2H3,(H2,20,21,22). The fraction of sp³-hybridized carbons (Fsp3) is 0.737. The van der Waals surface area contributed by atoms with Crippen LogP contribution in [-0.2, 0) is 15.9 Å². The highest BCUT2D eigenvalue weighted by atomic mass is 16.5. The minimum absolute atomic E-state index is 0.320. The van der Waals surface area contributed by atoms with Crippen molar-refractivity contribution >= 4 is 5.96 Å². The fourth-order valence-electron chi connectivity index (χ4n) is 3.97. The molecule has 140 valence electrons. The summed E-state index contributed by atoms with van der Waals surface area (Å²) in [5, 5.41) is 7.08. The van der Waals surface area contributed by atoms with Gasteiger partial charge in [0.2, 0.25) is 0 Å². The molecule has 1 spiro atoms. The normalized spacial score (nSPS) is 24.6. The van der Waals surface area contributed by atoms with Crippen molar-refractivity contribution in [2.45, 2.75) is 51.2 Å². The average molecular weight is 349 g/mol. The molecule has 1 heterocycles. The van der Waals surface area contributed by atoms with Gasteiger partial charge in [0, 0.05) is 38.1 Å². The number of rotatable bonds is 9. The van der Waals surface area contributed by atoms with Gasteiger partial charge in [0.25, 0.3) is 0 Å². The highest BCUT2D eigenvalue weighted by Crippen LogP contribution is 2.57. The molecule has 2 unspecified atom stereocenters. The fourth-order valence-corrected chi connectivity index (χ4v) is 3.97. The van der Waals surface area contributed by atoms with Crippen LogP contribution >= 0.6 is 0 Å². The molecule has 25 heavy (non-hydrogen) atoms. The third kappa shape index (κ3) is 4.18. The van der Waals surface area contributed by atoms with Crippen LogP contribution in [0.1, 0.15) is 38.4 Å². The molecule has 1 aromatic rings. The molecule has 3 rings (SSSR count). The van der Waals surface area contributed by atoms with E-state index in [1.165, 1.54) is 19.3 Å². The van der Waals surface area contributed by atoms with Crippen LogP contribution in [0.2, 0.25) is 0 Å². The number of furan rings is 1. The molecule has 1 aromatic heterocycles. The summed E-state index contributed by atoms with van der Waals surface area (Å²) in [4.78, 5) is 4.65. The van der Waals surface area contributed by atoms with E-state index in [0.29, 0.717) is 30.7 Å². The van der Waals surface area contributed by atoms with Crippen LogP contribution in [0.15, 0.2) is 27.8 Å². The zero-order chi connectivity index (χ0) is 17.5. The van der Waals surface area contributed by atoms with E-state index >= 15 is 0 Å². The van der Waals surface area contributed by atoms with Gasteiger partial charge in [-0.2, -0.15) is 0 Å². The second-order valence-electron chi connectivity index (χ2n) is 6.94. The summed E-state index contributed by atoms with van der Waals surface area (Å²) in [5.41, 5.74) is 0.320. The quantitative estimate of drug-likeness (QED) is 0.407. The van der Waals surface area contributed by atoms with E-state index in [0.717, 1.165) is 37.7 Å². The monoisotopic (exact) mass is 349 g/mol. The molecule has 2 atom stereocenters. The van der Waals surface area contributed by atoms with Crippen LogP contribution in [0.25, 0.3) is 0 Å². The first-order valence-corrected chi connectivity index (χ1v) is 9.46. The second-order valence-corrected chi connectivity index (χ2v) is 6.94. The van der Waals surface area contributed by atoms with Gasteiger partial charge in [-0.25, -0.2) is 0 Å². The van der Waals surface area contributed by atoms with Crippen molar-refractivity contribution in [3.63, 3.8) is 0 Å². The maximum atomic E-state index is 5.94. The van der Waals surface area contributed by atoms with Crippen molar-refractivity contribution in [1.82, 2.24) is 10.6 Å². The number of methoxy groups -OCH3 is 1. The summed E-state index contributed by atoms with van der Waals surface area (Å²) in [7, 11) is 1.70. The van der Waals surface area contributed by atoms with Crippen molar-refractivity contribution in [2.24, 2.45) is 10.4 Å². The number of ether oxygens (including phenoxy) is 2. The first kappa shape index (κ1) is 18.3. The number of hydrogen-bond acceptors (Lipinski definition) is 4.